The molecule has 2 aromatic heterocycles. The van der Waals surface area contributed by atoms with E-state index in [1.807, 2.05) is 22.3 Å². The minimum absolute atomic E-state index is 0.00760. The number of hydrogen-bond donors (Lipinski definition) is 1. The molecule has 1 N–H and O–H groups in total. The third kappa shape index (κ3) is 4.20. The van der Waals surface area contributed by atoms with Gasteiger partial charge in [0.2, 0.25) is 5.91 Å². The minimum Gasteiger partial charge on any atom is -0.354 e. The van der Waals surface area contributed by atoms with E-state index in [0.29, 0.717) is 13.0 Å². The first-order valence-corrected chi connectivity index (χ1v) is 7.68. The summed E-state index contributed by atoms with van der Waals surface area (Å²) in [6.45, 7) is 6.76. The van der Waals surface area contributed by atoms with Gasteiger partial charge in [-0.05, 0) is 33.9 Å². The zero-order valence-electron chi connectivity index (χ0n) is 12.2. The second-order valence-electron chi connectivity index (χ2n) is 6.10. The largest absolute Gasteiger partial charge is 0.354 e. The molecule has 1 atom stereocenters. The van der Waals surface area contributed by atoms with Crippen molar-refractivity contribution in [3.8, 4) is 0 Å². The molecule has 0 saturated heterocycles. The summed E-state index contributed by atoms with van der Waals surface area (Å²) in [6.07, 6.45) is 4.22. The van der Waals surface area contributed by atoms with Gasteiger partial charge >= 0.3 is 0 Å². The van der Waals surface area contributed by atoms with Crippen LogP contribution in [0.25, 0.3) is 0 Å². The molecule has 0 aliphatic rings. The minimum atomic E-state index is 0.00760. The van der Waals surface area contributed by atoms with Gasteiger partial charge in [0.1, 0.15) is 0 Å². The Hall–Kier alpha value is -1.62. The van der Waals surface area contributed by atoms with Crippen LogP contribution in [-0.2, 0) is 4.79 Å². The lowest BCUT2D eigenvalue weighted by atomic mass is 9.92. The third-order valence-corrected chi connectivity index (χ3v) is 3.66. The van der Waals surface area contributed by atoms with Crippen LogP contribution in [0.3, 0.4) is 0 Å². The molecule has 4 nitrogen and oxygen atoms in total. The third-order valence-electron chi connectivity index (χ3n) is 2.96. The zero-order valence-corrected chi connectivity index (χ0v) is 13.0. The Morgan fingerprint density at radius 1 is 1.50 bits per heavy atom. The van der Waals surface area contributed by atoms with E-state index in [9.17, 15) is 4.79 Å². The normalized spacial score (nSPS) is 13.2. The SMILES string of the molecule is CC(C)(C)CC(=O)NC[C@@H](c1ccsc1)n1cccn1. The van der Waals surface area contributed by atoms with Crippen molar-refractivity contribution >= 4 is 17.2 Å². The Kier molecular flexibility index (Phi) is 4.60. The molecule has 2 aromatic rings. The molecule has 0 radical (unpaired) electrons. The van der Waals surface area contributed by atoms with E-state index in [4.69, 9.17) is 0 Å². The molecular formula is C15H21N3OS. The molecule has 5 heteroatoms. The molecule has 108 valence electrons. The maximum absolute atomic E-state index is 12.0. The fourth-order valence-electron chi connectivity index (χ4n) is 2.05. The van der Waals surface area contributed by atoms with E-state index in [0.717, 1.165) is 0 Å². The lowest BCUT2D eigenvalue weighted by molar-refractivity contribution is -0.122. The lowest BCUT2D eigenvalue weighted by Gasteiger charge is -2.20. The number of aromatic nitrogens is 2. The Balaban J connectivity index is 2.01. The van der Waals surface area contributed by atoms with Crippen molar-refractivity contribution in [1.82, 2.24) is 15.1 Å². The first-order valence-electron chi connectivity index (χ1n) is 6.74. The molecule has 0 saturated carbocycles. The van der Waals surface area contributed by atoms with Crippen molar-refractivity contribution in [2.24, 2.45) is 5.41 Å². The van der Waals surface area contributed by atoms with Crippen molar-refractivity contribution < 1.29 is 4.79 Å². The topological polar surface area (TPSA) is 46.9 Å². The molecule has 0 unspecified atom stereocenters. The fourth-order valence-corrected chi connectivity index (χ4v) is 2.76. The summed E-state index contributed by atoms with van der Waals surface area (Å²) in [6, 6.07) is 4.03. The van der Waals surface area contributed by atoms with Gasteiger partial charge in [-0.15, -0.1) is 0 Å². The Labute approximate surface area is 123 Å². The van der Waals surface area contributed by atoms with Crippen molar-refractivity contribution in [3.63, 3.8) is 0 Å². The van der Waals surface area contributed by atoms with Gasteiger partial charge < -0.3 is 5.32 Å². The van der Waals surface area contributed by atoms with Gasteiger partial charge in [-0.1, -0.05) is 20.8 Å². The van der Waals surface area contributed by atoms with Gasteiger partial charge in [-0.2, -0.15) is 16.4 Å². The second kappa shape index (κ2) is 6.22. The van der Waals surface area contributed by atoms with Gasteiger partial charge in [0.15, 0.2) is 0 Å². The number of thiophene rings is 1. The van der Waals surface area contributed by atoms with Crippen LogP contribution in [0.1, 0.15) is 38.8 Å². The van der Waals surface area contributed by atoms with E-state index in [1.54, 1.807) is 17.5 Å². The van der Waals surface area contributed by atoms with Crippen molar-refractivity contribution in [2.45, 2.75) is 33.2 Å². The van der Waals surface area contributed by atoms with Crippen LogP contribution in [0.5, 0.6) is 0 Å². The standard InChI is InChI=1S/C15H21N3OS/c1-15(2,3)9-14(19)16-10-13(12-5-8-20-11-12)18-7-4-6-17-18/h4-8,11,13H,9-10H2,1-3H3,(H,16,19)/t13-/m0/s1. The number of amides is 1. The first-order chi connectivity index (χ1) is 9.46. The van der Waals surface area contributed by atoms with E-state index in [2.05, 4.69) is 42.6 Å². The van der Waals surface area contributed by atoms with Crippen LogP contribution >= 0.6 is 11.3 Å². The summed E-state index contributed by atoms with van der Waals surface area (Å²) in [5.74, 6) is 0.0879. The van der Waals surface area contributed by atoms with Gasteiger partial charge in [0, 0.05) is 25.4 Å². The van der Waals surface area contributed by atoms with Crippen molar-refractivity contribution in [3.05, 3.63) is 40.8 Å². The molecule has 0 fully saturated rings. The summed E-state index contributed by atoms with van der Waals surface area (Å²) in [5, 5.41) is 11.5. The molecule has 20 heavy (non-hydrogen) atoms. The number of carbonyl (C=O) groups is 1. The summed E-state index contributed by atoms with van der Waals surface area (Å²) < 4.78 is 1.89. The van der Waals surface area contributed by atoms with Crippen LogP contribution in [0.15, 0.2) is 35.3 Å². The highest BCUT2D eigenvalue weighted by Crippen LogP contribution is 2.21. The Morgan fingerprint density at radius 3 is 2.85 bits per heavy atom. The number of nitrogens with zero attached hydrogens (tertiary/aromatic N) is 2. The summed E-state index contributed by atoms with van der Waals surface area (Å²) in [5.41, 5.74) is 1.18. The van der Waals surface area contributed by atoms with Gasteiger partial charge in [-0.3, -0.25) is 9.48 Å². The fraction of sp³-hybridized carbons (Fsp3) is 0.467. The van der Waals surface area contributed by atoms with Crippen LogP contribution in [0.4, 0.5) is 0 Å². The van der Waals surface area contributed by atoms with Crippen LogP contribution in [-0.4, -0.2) is 22.2 Å². The van der Waals surface area contributed by atoms with E-state index >= 15 is 0 Å². The van der Waals surface area contributed by atoms with Crippen LogP contribution in [0, 0.1) is 5.41 Å². The molecule has 1 amide bonds. The summed E-state index contributed by atoms with van der Waals surface area (Å²) in [7, 11) is 0. The lowest BCUT2D eigenvalue weighted by Crippen LogP contribution is -2.33. The second-order valence-corrected chi connectivity index (χ2v) is 6.88. The highest BCUT2D eigenvalue weighted by atomic mass is 32.1. The molecule has 0 aromatic carbocycles. The number of rotatable bonds is 5. The zero-order chi connectivity index (χ0) is 14.6. The predicted molar refractivity (Wildman–Crippen MR) is 81.8 cm³/mol. The first kappa shape index (κ1) is 14.8. The van der Waals surface area contributed by atoms with E-state index < -0.39 is 0 Å². The number of nitrogens with one attached hydrogen (secondary N) is 1. The van der Waals surface area contributed by atoms with E-state index in [1.165, 1.54) is 5.56 Å². The van der Waals surface area contributed by atoms with Gasteiger partial charge in [-0.25, -0.2) is 0 Å². The number of hydrogen-bond acceptors (Lipinski definition) is 3. The highest BCUT2D eigenvalue weighted by Gasteiger charge is 2.19. The average molecular weight is 291 g/mol. The molecule has 0 aliphatic heterocycles. The quantitative estimate of drug-likeness (QED) is 0.920. The maximum atomic E-state index is 12.0. The molecule has 2 heterocycles. The van der Waals surface area contributed by atoms with Crippen LogP contribution < -0.4 is 5.32 Å². The molecule has 0 spiro atoms. The van der Waals surface area contributed by atoms with Gasteiger partial charge in [0.25, 0.3) is 0 Å². The molecule has 0 aliphatic carbocycles. The number of carbonyl (C=O) groups excluding carboxylic acids is 1. The van der Waals surface area contributed by atoms with Crippen molar-refractivity contribution in [1.29, 1.82) is 0 Å². The molecular weight excluding hydrogens is 270 g/mol. The predicted octanol–water partition coefficient (Wildman–Crippen LogP) is 3.09. The molecule has 0 bridgehead atoms. The highest BCUT2D eigenvalue weighted by molar-refractivity contribution is 7.07. The average Bonchev–Trinajstić information content (AvgIpc) is 2.98. The van der Waals surface area contributed by atoms with Gasteiger partial charge in [0.05, 0.1) is 6.04 Å². The smallest absolute Gasteiger partial charge is 0.220 e. The van der Waals surface area contributed by atoms with E-state index in [-0.39, 0.29) is 17.4 Å². The monoisotopic (exact) mass is 291 g/mol. The van der Waals surface area contributed by atoms with Crippen molar-refractivity contribution in [2.75, 3.05) is 6.54 Å². The molecule has 2 rings (SSSR count). The van der Waals surface area contributed by atoms with Crippen LogP contribution in [0.2, 0.25) is 0 Å². The summed E-state index contributed by atoms with van der Waals surface area (Å²) in [4.78, 5) is 12.0. The Bertz CT molecular complexity index is 492. The summed E-state index contributed by atoms with van der Waals surface area (Å²) >= 11 is 1.66. The Morgan fingerprint density at radius 2 is 2.30 bits per heavy atom. The maximum Gasteiger partial charge on any atom is 0.220 e.